The summed E-state index contributed by atoms with van der Waals surface area (Å²) in [6.45, 7) is 4.18. The lowest BCUT2D eigenvalue weighted by atomic mass is 10.4. The zero-order valence-corrected chi connectivity index (χ0v) is 9.11. The van der Waals surface area contributed by atoms with Crippen molar-refractivity contribution >= 4 is 29.1 Å². The third-order valence-corrected chi connectivity index (χ3v) is 3.53. The first-order chi connectivity index (χ1) is 6.11. The minimum Gasteiger partial charge on any atom is -0.476 e. The molecule has 1 aromatic rings. The first-order valence-corrected chi connectivity index (χ1v) is 5.81. The Morgan fingerprint density at radius 3 is 3.00 bits per heavy atom. The lowest BCUT2D eigenvalue weighted by Crippen LogP contribution is -2.00. The molecular formula is C8H11NO2S2. The second-order valence-corrected chi connectivity index (χ2v) is 5.29. The summed E-state index contributed by atoms with van der Waals surface area (Å²) >= 11 is 3.13. The molecule has 1 aromatic heterocycles. The fraction of sp³-hybridized carbons (Fsp3) is 0.500. The molecule has 0 aliphatic heterocycles. The molecule has 0 aliphatic carbocycles. The van der Waals surface area contributed by atoms with Crippen LogP contribution in [0.2, 0.25) is 0 Å². The highest BCUT2D eigenvalue weighted by Crippen LogP contribution is 2.22. The summed E-state index contributed by atoms with van der Waals surface area (Å²) in [4.78, 5) is 15.3. The molecule has 0 radical (unpaired) electrons. The Kier molecular flexibility index (Phi) is 3.74. The van der Waals surface area contributed by atoms with Gasteiger partial charge in [0.1, 0.15) is 0 Å². The lowest BCUT2D eigenvalue weighted by molar-refractivity contribution is 0.0690. The molecule has 3 nitrogen and oxygen atoms in total. The maximum atomic E-state index is 10.7. The molecule has 0 amide bonds. The van der Waals surface area contributed by atoms with Gasteiger partial charge in [-0.1, -0.05) is 13.8 Å². The highest BCUT2D eigenvalue weighted by molar-refractivity contribution is 7.99. The van der Waals surface area contributed by atoms with Gasteiger partial charge in [-0.25, -0.2) is 9.78 Å². The molecule has 0 bridgehead atoms. The van der Waals surface area contributed by atoms with Crippen LogP contribution in [0.25, 0.3) is 0 Å². The van der Waals surface area contributed by atoms with Gasteiger partial charge in [0.05, 0.1) is 5.51 Å². The number of carboxylic acid groups (broad SMARTS) is 1. The molecule has 1 N–H and O–H groups in total. The van der Waals surface area contributed by atoms with Crippen LogP contribution in [-0.2, 0) is 5.75 Å². The number of hydrogen-bond acceptors (Lipinski definition) is 4. The van der Waals surface area contributed by atoms with E-state index in [1.54, 1.807) is 17.3 Å². The third-order valence-electron chi connectivity index (χ3n) is 1.39. The lowest BCUT2D eigenvalue weighted by Gasteiger charge is -2.02. The number of thioether (sulfide) groups is 1. The second kappa shape index (κ2) is 4.62. The van der Waals surface area contributed by atoms with Gasteiger partial charge in [-0.15, -0.1) is 11.3 Å². The first-order valence-electron chi connectivity index (χ1n) is 3.88. The Labute approximate surface area is 85.2 Å². The average molecular weight is 217 g/mol. The highest BCUT2D eigenvalue weighted by Gasteiger charge is 2.13. The van der Waals surface area contributed by atoms with Crippen molar-refractivity contribution in [2.45, 2.75) is 24.9 Å². The number of aromatic nitrogens is 1. The number of carboxylic acids is 1. The molecule has 0 spiro atoms. The molecule has 0 saturated carbocycles. The molecular weight excluding hydrogens is 206 g/mol. The number of rotatable bonds is 4. The Balaban J connectivity index is 2.65. The summed E-state index contributed by atoms with van der Waals surface area (Å²) < 4.78 is 0. The van der Waals surface area contributed by atoms with Gasteiger partial charge in [0.2, 0.25) is 0 Å². The largest absolute Gasteiger partial charge is 0.476 e. The van der Waals surface area contributed by atoms with Crippen LogP contribution in [0.4, 0.5) is 0 Å². The predicted molar refractivity (Wildman–Crippen MR) is 55.5 cm³/mol. The van der Waals surface area contributed by atoms with E-state index in [2.05, 4.69) is 18.8 Å². The maximum Gasteiger partial charge on any atom is 0.355 e. The smallest absolute Gasteiger partial charge is 0.355 e. The van der Waals surface area contributed by atoms with E-state index in [0.29, 0.717) is 5.25 Å². The monoisotopic (exact) mass is 217 g/mol. The summed E-state index contributed by atoms with van der Waals surface area (Å²) in [7, 11) is 0. The normalized spacial score (nSPS) is 10.7. The van der Waals surface area contributed by atoms with Gasteiger partial charge in [-0.05, 0) is 5.25 Å². The van der Waals surface area contributed by atoms with E-state index < -0.39 is 5.97 Å². The Bertz CT molecular complexity index is 296. The average Bonchev–Trinajstić information content (AvgIpc) is 2.47. The molecule has 72 valence electrons. The summed E-state index contributed by atoms with van der Waals surface area (Å²) in [6.07, 6.45) is 0. The molecule has 0 aliphatic rings. The second-order valence-electron chi connectivity index (χ2n) is 2.79. The van der Waals surface area contributed by atoms with Crippen LogP contribution >= 0.6 is 23.1 Å². The standard InChI is InChI=1S/C8H11NO2S2/c1-5(2)12-3-6-7(8(10)11)9-4-13-6/h4-5H,3H2,1-2H3,(H,10,11). The molecule has 5 heteroatoms. The van der Waals surface area contributed by atoms with Gasteiger partial charge >= 0.3 is 5.97 Å². The van der Waals surface area contributed by atoms with Crippen molar-refractivity contribution in [2.75, 3.05) is 0 Å². The van der Waals surface area contributed by atoms with Gasteiger partial charge < -0.3 is 5.11 Å². The molecule has 0 atom stereocenters. The van der Waals surface area contributed by atoms with E-state index in [1.165, 1.54) is 11.3 Å². The number of nitrogens with zero attached hydrogens (tertiary/aromatic N) is 1. The van der Waals surface area contributed by atoms with E-state index in [0.717, 1.165) is 10.6 Å². The zero-order valence-electron chi connectivity index (χ0n) is 7.48. The summed E-state index contributed by atoms with van der Waals surface area (Å²) in [6, 6.07) is 0. The number of aromatic carboxylic acids is 1. The minimum atomic E-state index is -0.930. The SMILES string of the molecule is CC(C)SCc1scnc1C(=O)O. The van der Waals surface area contributed by atoms with Gasteiger partial charge in [0.15, 0.2) is 5.69 Å². The van der Waals surface area contributed by atoms with Crippen molar-refractivity contribution in [1.29, 1.82) is 0 Å². The van der Waals surface area contributed by atoms with Gasteiger partial charge in [-0.3, -0.25) is 0 Å². The van der Waals surface area contributed by atoms with Gasteiger partial charge in [0, 0.05) is 10.6 Å². The van der Waals surface area contributed by atoms with E-state index >= 15 is 0 Å². The van der Waals surface area contributed by atoms with Gasteiger partial charge in [-0.2, -0.15) is 11.8 Å². The molecule has 0 aromatic carbocycles. The van der Waals surface area contributed by atoms with Crippen LogP contribution in [0.3, 0.4) is 0 Å². The van der Waals surface area contributed by atoms with E-state index in [9.17, 15) is 4.79 Å². The molecule has 0 saturated heterocycles. The van der Waals surface area contributed by atoms with Crippen LogP contribution in [-0.4, -0.2) is 21.3 Å². The number of carbonyl (C=O) groups is 1. The van der Waals surface area contributed by atoms with Crippen LogP contribution in [0.5, 0.6) is 0 Å². The van der Waals surface area contributed by atoms with Crippen LogP contribution in [0, 0.1) is 0 Å². The predicted octanol–water partition coefficient (Wildman–Crippen LogP) is 2.48. The van der Waals surface area contributed by atoms with E-state index in [1.807, 2.05) is 0 Å². The Morgan fingerprint density at radius 1 is 1.77 bits per heavy atom. The van der Waals surface area contributed by atoms with Crippen molar-refractivity contribution in [1.82, 2.24) is 4.98 Å². The Hall–Kier alpha value is -0.550. The van der Waals surface area contributed by atoms with Crippen molar-refractivity contribution in [2.24, 2.45) is 0 Å². The molecule has 13 heavy (non-hydrogen) atoms. The third kappa shape index (κ3) is 3.00. The summed E-state index contributed by atoms with van der Waals surface area (Å²) in [5.41, 5.74) is 1.79. The number of thiazole rings is 1. The van der Waals surface area contributed by atoms with Crippen LogP contribution < -0.4 is 0 Å². The minimum absolute atomic E-state index is 0.207. The fourth-order valence-corrected chi connectivity index (χ4v) is 2.42. The van der Waals surface area contributed by atoms with Crippen molar-refractivity contribution in [3.8, 4) is 0 Å². The van der Waals surface area contributed by atoms with Crippen molar-refractivity contribution in [3.05, 3.63) is 16.1 Å². The van der Waals surface area contributed by atoms with Gasteiger partial charge in [0.25, 0.3) is 0 Å². The fourth-order valence-electron chi connectivity index (χ4n) is 0.790. The highest BCUT2D eigenvalue weighted by atomic mass is 32.2. The Morgan fingerprint density at radius 2 is 2.46 bits per heavy atom. The number of hydrogen-bond donors (Lipinski definition) is 1. The zero-order chi connectivity index (χ0) is 9.84. The first kappa shape index (κ1) is 10.5. The van der Waals surface area contributed by atoms with Crippen molar-refractivity contribution in [3.63, 3.8) is 0 Å². The molecule has 0 unspecified atom stereocenters. The summed E-state index contributed by atoms with van der Waals surface area (Å²) in [5, 5.41) is 9.27. The van der Waals surface area contributed by atoms with E-state index in [4.69, 9.17) is 5.11 Å². The van der Waals surface area contributed by atoms with Crippen molar-refractivity contribution < 1.29 is 9.90 Å². The topological polar surface area (TPSA) is 50.2 Å². The van der Waals surface area contributed by atoms with E-state index in [-0.39, 0.29) is 5.69 Å². The molecule has 1 rings (SSSR count). The molecule has 0 fully saturated rings. The van der Waals surface area contributed by atoms with Crippen LogP contribution in [0.1, 0.15) is 29.2 Å². The summed E-state index contributed by atoms with van der Waals surface area (Å²) in [5.74, 6) is -0.190. The van der Waals surface area contributed by atoms with Crippen LogP contribution in [0.15, 0.2) is 5.51 Å². The quantitative estimate of drug-likeness (QED) is 0.841. The molecule has 1 heterocycles. The maximum absolute atomic E-state index is 10.7.